The number of unbranched alkanes of at least 4 members (excludes halogenated alkanes) is 3. The number of hydrogen-bond acceptors (Lipinski definition) is 8. The van der Waals surface area contributed by atoms with Crippen LogP contribution in [0.15, 0.2) is 235 Å². The normalized spacial score (nSPS) is 10.6. The van der Waals surface area contributed by atoms with Crippen LogP contribution in [0.25, 0.3) is 27.6 Å². The van der Waals surface area contributed by atoms with Crippen molar-refractivity contribution in [3.8, 4) is 11.5 Å². The zero-order valence-electron chi connectivity index (χ0n) is 53.0. The Morgan fingerprint density at radius 1 is 0.429 bits per heavy atom. The second-order valence-electron chi connectivity index (χ2n) is 20.4. The van der Waals surface area contributed by atoms with Crippen LogP contribution in [0.2, 0.25) is 29.0 Å². The van der Waals surface area contributed by atoms with Crippen molar-refractivity contribution in [2.45, 2.75) is 86.5 Å². The molecule has 0 bridgehead atoms. The predicted octanol–water partition coefficient (Wildman–Crippen LogP) is 20.4. The van der Waals surface area contributed by atoms with Crippen molar-refractivity contribution >= 4 is 147 Å². The Balaban J connectivity index is 0.000000205. The molecule has 2 aromatic heterocycles. The van der Waals surface area contributed by atoms with E-state index in [1.54, 1.807) is 38.5 Å². The molecule has 10 rings (SSSR count). The molecule has 0 aliphatic heterocycles. The Morgan fingerprint density at radius 2 is 0.736 bits per heavy atom. The molecule has 0 radical (unpaired) electrons. The number of aromatic nitrogens is 4. The van der Waals surface area contributed by atoms with Gasteiger partial charge in [0.25, 0.3) is 0 Å². The van der Waals surface area contributed by atoms with Crippen molar-refractivity contribution in [3.05, 3.63) is 257 Å². The summed E-state index contributed by atoms with van der Waals surface area (Å²) in [5.74, 6) is 1.91. The fraction of sp³-hybridized carbons (Fsp3) is 0.243. The first-order chi connectivity index (χ1) is 44.3. The summed E-state index contributed by atoms with van der Waals surface area (Å²) in [6.07, 6.45) is 8.10. The van der Waals surface area contributed by atoms with E-state index in [0.29, 0.717) is 45.7 Å². The third kappa shape index (κ3) is 25.3. The van der Waals surface area contributed by atoms with Crippen LogP contribution in [0.5, 0.6) is 11.5 Å². The van der Waals surface area contributed by atoms with Gasteiger partial charge in [0.2, 0.25) is 10.6 Å². The first-order valence-corrected chi connectivity index (χ1v) is 45.7. The summed E-state index contributed by atoms with van der Waals surface area (Å²) < 4.78 is 27.1. The Kier molecular flexibility index (Phi) is 36.8. The minimum absolute atomic E-state index is 0.106. The van der Waals surface area contributed by atoms with Gasteiger partial charge in [0, 0.05) is 22.9 Å². The maximum absolute atomic E-state index is 5.90. The predicted molar refractivity (Wildman–Crippen MR) is 396 cm³/mol. The van der Waals surface area contributed by atoms with Gasteiger partial charge >= 0.3 is 155 Å². The van der Waals surface area contributed by atoms with E-state index in [9.17, 15) is 0 Å². The van der Waals surface area contributed by atoms with Gasteiger partial charge in [-0.1, -0.05) is 200 Å². The number of halogens is 5. The Bertz CT molecular complexity index is 3350. The van der Waals surface area contributed by atoms with E-state index >= 15 is 0 Å². The molecule has 0 aliphatic carbocycles. The maximum Gasteiger partial charge on any atom is -0.0134 e. The standard InChI is InChI=1S/2C18H15P.C13H13ClN2O2.C9H6Cl2N2O.C4H7O.3C4H9.2ClH.Pd.Sn/c2*1-4-10-16(11-5-1)19(17-12-6-2-7-13-17)18-14-8-3-9-15-18;1-4-18-8(2)12-10-6-5-9(17-3)7-11(10)15-13(14)16-12;1-14-5-2-3-6-7(4-5)12-9(11)13-8(6)10;1-3-5-4-2;3*1-3-4-2;;;;/h2*1-15H;5-7H,2,4H2,1,3H3;2-4H,1H3;1,4H2,2H3;3*1,3-4H2,2H3;2*1H;;/q;;;;;;;;;;+2;/p-2. The summed E-state index contributed by atoms with van der Waals surface area (Å²) in [7, 11) is 11.9. The molecule has 91 heavy (non-hydrogen) atoms. The van der Waals surface area contributed by atoms with Gasteiger partial charge in [0.1, 0.15) is 28.1 Å². The van der Waals surface area contributed by atoms with Gasteiger partial charge in [-0.2, -0.15) is 0 Å². The van der Waals surface area contributed by atoms with Crippen LogP contribution in [0.3, 0.4) is 0 Å². The van der Waals surface area contributed by atoms with Gasteiger partial charge in [0.05, 0.1) is 31.9 Å². The first kappa shape index (κ1) is 76.6. The molecule has 0 amide bonds. The topological polar surface area (TPSA) is 88.5 Å². The van der Waals surface area contributed by atoms with E-state index in [2.05, 4.69) is 243 Å². The monoisotopic (exact) mass is 1550 g/mol. The average molecular weight is 1560 g/mol. The molecule has 8 nitrogen and oxygen atoms in total. The summed E-state index contributed by atoms with van der Waals surface area (Å²) in [5, 5.41) is 10.6. The quantitative estimate of drug-likeness (QED) is 0.0206. The zero-order valence-corrected chi connectivity index (χ0v) is 63.0. The van der Waals surface area contributed by atoms with Gasteiger partial charge < -0.3 is 14.2 Å². The smallest absolute Gasteiger partial charge is 0.0134 e. The van der Waals surface area contributed by atoms with E-state index in [4.69, 9.17) is 72.8 Å². The maximum atomic E-state index is 5.90. The number of rotatable bonds is 23. The van der Waals surface area contributed by atoms with Crippen molar-refractivity contribution in [3.63, 3.8) is 0 Å². The van der Waals surface area contributed by atoms with Gasteiger partial charge in [-0.05, 0) is 102 Å². The number of ether oxygens (including phenoxy) is 4. The second-order valence-corrected chi connectivity index (χ2v) is 41.4. The summed E-state index contributed by atoms with van der Waals surface area (Å²) in [5.41, 5.74) is 1.98. The number of fused-ring (bicyclic) bond motifs is 2. The van der Waals surface area contributed by atoms with Crippen LogP contribution in [0.1, 0.15) is 78.8 Å². The molecule has 0 atom stereocenters. The Morgan fingerprint density at radius 3 is 1.04 bits per heavy atom. The molecule has 0 saturated heterocycles. The van der Waals surface area contributed by atoms with Gasteiger partial charge in [-0.25, -0.2) is 19.9 Å². The minimum Gasteiger partial charge on any atom is -0.0622 e. The van der Waals surface area contributed by atoms with E-state index in [0.717, 1.165) is 17.4 Å². The fourth-order valence-electron chi connectivity index (χ4n) is 9.86. The number of benzene rings is 8. The van der Waals surface area contributed by atoms with E-state index in [-0.39, 0.29) is 26.5 Å². The second kappa shape index (κ2) is 43.7. The molecule has 8 aromatic carbocycles. The van der Waals surface area contributed by atoms with Crippen LogP contribution in [-0.4, -0.2) is 65.7 Å². The van der Waals surface area contributed by atoms with E-state index < -0.39 is 34.2 Å². The molecule has 0 spiro atoms. The first-order valence-electron chi connectivity index (χ1n) is 30.4. The van der Waals surface area contributed by atoms with Gasteiger partial charge in [0.15, 0.2) is 0 Å². The SMILES string of the molecule is C=C(OCC)c1nc(Cl)nc2cc(OC)ccc12.C=[C](OCC)[Sn]([CH2]CCC)([CH2]CCC)[CH2]CCC.COc1ccc2c(Cl)nc(Cl)nc2c1.[Cl][Pd][Cl].c1ccc(P(c2ccccc2)c2ccccc2)cc1.c1ccc(P(c2ccccc2)c2ccccc2)cc1. The van der Waals surface area contributed by atoms with Crippen molar-refractivity contribution in [2.75, 3.05) is 27.4 Å². The fourth-order valence-corrected chi connectivity index (χ4v) is 29.7. The molecule has 0 unspecified atom stereocenters. The molecule has 2 heterocycles. The minimum atomic E-state index is -2.24. The summed E-state index contributed by atoms with van der Waals surface area (Å²) in [6.45, 7) is 20.4. The van der Waals surface area contributed by atoms with E-state index in [1.165, 1.54) is 87.4 Å². The van der Waals surface area contributed by atoms with Gasteiger partial charge in [-0.3, -0.25) is 0 Å². The van der Waals surface area contributed by atoms with Crippen LogP contribution in [0.4, 0.5) is 0 Å². The van der Waals surface area contributed by atoms with Crippen LogP contribution >= 0.6 is 69.7 Å². The van der Waals surface area contributed by atoms with Crippen molar-refractivity contribution in [1.82, 2.24) is 19.9 Å². The Labute approximate surface area is 579 Å². The zero-order chi connectivity index (χ0) is 65.6. The Hall–Kier alpha value is -5.11. The third-order valence-electron chi connectivity index (χ3n) is 14.3. The molecule has 0 aliphatic rings. The largest absolute Gasteiger partial charge is 0.0622 e. The molecule has 17 heteroatoms. The van der Waals surface area contributed by atoms with Crippen molar-refractivity contribution in [2.24, 2.45) is 0 Å². The summed E-state index contributed by atoms with van der Waals surface area (Å²) in [4.78, 5) is 16.2. The van der Waals surface area contributed by atoms with Crippen LogP contribution < -0.4 is 41.3 Å². The van der Waals surface area contributed by atoms with Crippen LogP contribution in [-0.2, 0) is 25.4 Å². The molecule has 0 fully saturated rings. The molecule has 482 valence electrons. The summed E-state index contributed by atoms with van der Waals surface area (Å²) >= 11 is 15.1. The molecule has 10 aromatic rings. The van der Waals surface area contributed by atoms with Gasteiger partial charge in [-0.15, -0.1) is 0 Å². The molecular formula is C74H83Cl5N4O4P2PdSn. The molecule has 0 N–H and O–H groups in total. The molecule has 0 saturated carbocycles. The number of hydrogen-bond donors (Lipinski definition) is 0. The van der Waals surface area contributed by atoms with Crippen molar-refractivity contribution in [1.29, 1.82) is 0 Å². The van der Waals surface area contributed by atoms with E-state index in [1.807, 2.05) is 19.1 Å². The third-order valence-corrected chi connectivity index (χ3v) is 34.8. The number of nitrogens with zero attached hydrogens (tertiary/aromatic N) is 4. The summed E-state index contributed by atoms with van der Waals surface area (Å²) in [6, 6.07) is 75.5. The molecular weight excluding hydrogens is 1470 g/mol. The van der Waals surface area contributed by atoms with Crippen molar-refractivity contribution < 1.29 is 34.9 Å². The van der Waals surface area contributed by atoms with Crippen LogP contribution in [0, 0.1) is 0 Å². The number of methoxy groups -OCH3 is 2. The average Bonchev–Trinajstić information content (AvgIpc) is 3.26.